The highest BCUT2D eigenvalue weighted by Crippen LogP contribution is 2.18. The smallest absolute Gasteiger partial charge is 0.245 e. The van der Waals surface area contributed by atoms with Crippen LogP contribution in [-0.4, -0.2) is 40.4 Å². The maximum atomic E-state index is 12.3. The second-order valence-electron chi connectivity index (χ2n) is 6.38. The SMILES string of the molecule is Cc1cc(NC(=O)CN(C)C(=O)CCc2ccc(-c3ccccc3)[nH]2)no1. The number of carbonyl (C=O) groups is 2. The summed E-state index contributed by atoms with van der Waals surface area (Å²) in [5, 5.41) is 6.30. The molecule has 1 aromatic carbocycles. The largest absolute Gasteiger partial charge is 0.360 e. The molecule has 0 saturated carbocycles. The number of aryl methyl sites for hydroxylation is 2. The van der Waals surface area contributed by atoms with Crippen molar-refractivity contribution in [3.63, 3.8) is 0 Å². The Morgan fingerprint density at radius 3 is 2.67 bits per heavy atom. The molecule has 2 amide bonds. The molecule has 0 bridgehead atoms. The molecule has 2 heterocycles. The lowest BCUT2D eigenvalue weighted by molar-refractivity contribution is -0.133. The van der Waals surface area contributed by atoms with Crippen LogP contribution in [0.25, 0.3) is 11.3 Å². The third-order valence-electron chi connectivity index (χ3n) is 4.14. The van der Waals surface area contributed by atoms with Gasteiger partial charge < -0.3 is 19.7 Å². The van der Waals surface area contributed by atoms with Crippen molar-refractivity contribution in [3.8, 4) is 11.3 Å². The van der Waals surface area contributed by atoms with E-state index in [9.17, 15) is 9.59 Å². The molecule has 0 aliphatic carbocycles. The summed E-state index contributed by atoms with van der Waals surface area (Å²) in [4.78, 5) is 29.0. The average Bonchev–Trinajstić information content (AvgIpc) is 3.29. The molecule has 3 aromatic rings. The van der Waals surface area contributed by atoms with Crippen molar-refractivity contribution in [2.24, 2.45) is 0 Å². The Bertz CT molecular complexity index is 914. The van der Waals surface area contributed by atoms with Crippen LogP contribution < -0.4 is 5.32 Å². The Hall–Kier alpha value is -3.35. The third-order valence-corrected chi connectivity index (χ3v) is 4.14. The average molecular weight is 366 g/mol. The molecule has 0 aliphatic heterocycles. The number of H-pyrrole nitrogens is 1. The predicted molar refractivity (Wildman–Crippen MR) is 102 cm³/mol. The van der Waals surface area contributed by atoms with Gasteiger partial charge in [0.25, 0.3) is 0 Å². The highest BCUT2D eigenvalue weighted by Gasteiger charge is 2.14. The molecule has 0 unspecified atom stereocenters. The van der Waals surface area contributed by atoms with E-state index < -0.39 is 0 Å². The molecule has 0 aliphatic rings. The minimum absolute atomic E-state index is 0.0370. The lowest BCUT2D eigenvalue weighted by Gasteiger charge is -2.16. The van der Waals surface area contributed by atoms with Crippen LogP contribution in [0.1, 0.15) is 17.9 Å². The van der Waals surface area contributed by atoms with Gasteiger partial charge in [-0.25, -0.2) is 0 Å². The highest BCUT2D eigenvalue weighted by atomic mass is 16.5. The van der Waals surface area contributed by atoms with Crippen LogP contribution in [0.2, 0.25) is 0 Å². The molecule has 140 valence electrons. The maximum Gasteiger partial charge on any atom is 0.245 e. The van der Waals surface area contributed by atoms with E-state index in [2.05, 4.69) is 15.5 Å². The van der Waals surface area contributed by atoms with E-state index in [4.69, 9.17) is 4.52 Å². The first-order valence-electron chi connectivity index (χ1n) is 8.71. The Labute approximate surface area is 157 Å². The van der Waals surface area contributed by atoms with E-state index >= 15 is 0 Å². The molecule has 3 rings (SSSR count). The number of nitrogens with zero attached hydrogens (tertiary/aromatic N) is 2. The van der Waals surface area contributed by atoms with E-state index in [1.165, 1.54) is 4.90 Å². The maximum absolute atomic E-state index is 12.3. The second-order valence-corrected chi connectivity index (χ2v) is 6.38. The molecular weight excluding hydrogens is 344 g/mol. The number of aromatic nitrogens is 2. The van der Waals surface area contributed by atoms with Crippen LogP contribution in [0.3, 0.4) is 0 Å². The molecule has 27 heavy (non-hydrogen) atoms. The number of anilines is 1. The molecule has 0 fully saturated rings. The molecule has 2 N–H and O–H groups in total. The van der Waals surface area contributed by atoms with E-state index in [-0.39, 0.29) is 18.4 Å². The summed E-state index contributed by atoms with van der Waals surface area (Å²) in [6, 6.07) is 15.6. The first-order valence-corrected chi connectivity index (χ1v) is 8.71. The Morgan fingerprint density at radius 2 is 1.96 bits per heavy atom. The van der Waals surface area contributed by atoms with E-state index in [0.29, 0.717) is 24.4 Å². The van der Waals surface area contributed by atoms with E-state index in [1.807, 2.05) is 42.5 Å². The summed E-state index contributed by atoms with van der Waals surface area (Å²) >= 11 is 0. The van der Waals surface area contributed by atoms with Gasteiger partial charge in [0.2, 0.25) is 11.8 Å². The summed E-state index contributed by atoms with van der Waals surface area (Å²) in [5.74, 6) is 0.538. The van der Waals surface area contributed by atoms with Crippen LogP contribution in [0.15, 0.2) is 53.1 Å². The molecule has 0 spiro atoms. The van der Waals surface area contributed by atoms with Gasteiger partial charge in [0.15, 0.2) is 5.82 Å². The van der Waals surface area contributed by atoms with Crippen molar-refractivity contribution < 1.29 is 14.1 Å². The monoisotopic (exact) mass is 366 g/mol. The minimum atomic E-state index is -0.314. The molecular formula is C20H22N4O3. The van der Waals surface area contributed by atoms with Gasteiger partial charge >= 0.3 is 0 Å². The molecule has 7 heteroatoms. The summed E-state index contributed by atoms with van der Waals surface area (Å²) in [7, 11) is 1.61. The van der Waals surface area contributed by atoms with Gasteiger partial charge in [0, 0.05) is 30.9 Å². The highest BCUT2D eigenvalue weighted by molar-refractivity contribution is 5.93. The van der Waals surface area contributed by atoms with Crippen molar-refractivity contribution >= 4 is 17.6 Å². The number of benzene rings is 1. The van der Waals surface area contributed by atoms with Gasteiger partial charge in [-0.1, -0.05) is 35.5 Å². The molecule has 0 saturated heterocycles. The van der Waals surface area contributed by atoms with Crippen LogP contribution in [0.4, 0.5) is 5.82 Å². The summed E-state index contributed by atoms with van der Waals surface area (Å²) < 4.78 is 4.89. The van der Waals surface area contributed by atoms with Crippen molar-refractivity contribution in [3.05, 3.63) is 60.0 Å². The van der Waals surface area contributed by atoms with E-state index in [1.54, 1.807) is 20.0 Å². The Kier molecular flexibility index (Phi) is 5.71. The summed E-state index contributed by atoms with van der Waals surface area (Å²) in [6.07, 6.45) is 0.904. The van der Waals surface area contributed by atoms with Crippen LogP contribution in [-0.2, 0) is 16.0 Å². The van der Waals surface area contributed by atoms with Crippen LogP contribution >= 0.6 is 0 Å². The van der Waals surface area contributed by atoms with Gasteiger partial charge in [-0.2, -0.15) is 0 Å². The number of rotatable bonds is 7. The number of amides is 2. The first kappa shape index (κ1) is 18.4. The van der Waals surface area contributed by atoms with Gasteiger partial charge in [0.1, 0.15) is 5.76 Å². The lowest BCUT2D eigenvalue weighted by Crippen LogP contribution is -2.35. The third kappa shape index (κ3) is 5.07. The first-order chi connectivity index (χ1) is 13.0. The number of likely N-dealkylation sites (N-methyl/N-ethyl adjacent to an activating group) is 1. The molecule has 0 radical (unpaired) electrons. The standard InChI is InChI=1S/C20H22N4O3/c1-14-12-18(23-27-14)22-19(25)13-24(2)20(26)11-9-16-8-10-17(21-16)15-6-4-3-5-7-15/h3-8,10,12,21H,9,11,13H2,1-2H3,(H,22,23,25). The van der Waals surface area contributed by atoms with Crippen molar-refractivity contribution in [2.75, 3.05) is 18.9 Å². The van der Waals surface area contributed by atoms with Crippen LogP contribution in [0.5, 0.6) is 0 Å². The van der Waals surface area contributed by atoms with Gasteiger partial charge in [-0.05, 0) is 31.0 Å². The molecule has 0 atom stereocenters. The minimum Gasteiger partial charge on any atom is -0.360 e. The molecule has 2 aromatic heterocycles. The zero-order valence-corrected chi connectivity index (χ0v) is 15.4. The fourth-order valence-electron chi connectivity index (χ4n) is 2.72. The van der Waals surface area contributed by atoms with Gasteiger partial charge in [-0.15, -0.1) is 0 Å². The fraction of sp³-hybridized carbons (Fsp3) is 0.250. The number of hydrogen-bond donors (Lipinski definition) is 2. The van der Waals surface area contributed by atoms with E-state index in [0.717, 1.165) is 17.0 Å². The number of carbonyl (C=O) groups excluding carboxylic acids is 2. The zero-order valence-electron chi connectivity index (χ0n) is 15.4. The second kappa shape index (κ2) is 8.35. The fourth-order valence-corrected chi connectivity index (χ4v) is 2.72. The Balaban J connectivity index is 1.47. The van der Waals surface area contributed by atoms with Crippen molar-refractivity contribution in [1.29, 1.82) is 0 Å². The quantitative estimate of drug-likeness (QED) is 0.672. The lowest BCUT2D eigenvalue weighted by atomic mass is 10.2. The van der Waals surface area contributed by atoms with Crippen LogP contribution in [0, 0.1) is 6.92 Å². The van der Waals surface area contributed by atoms with Crippen molar-refractivity contribution in [2.45, 2.75) is 19.8 Å². The van der Waals surface area contributed by atoms with Crippen molar-refractivity contribution in [1.82, 2.24) is 15.0 Å². The Morgan fingerprint density at radius 1 is 1.19 bits per heavy atom. The zero-order chi connectivity index (χ0) is 19.2. The van der Waals surface area contributed by atoms with Gasteiger partial charge in [0.05, 0.1) is 6.54 Å². The molecule has 7 nitrogen and oxygen atoms in total. The summed E-state index contributed by atoms with van der Waals surface area (Å²) in [5.41, 5.74) is 3.11. The number of nitrogens with one attached hydrogen (secondary N) is 2. The van der Waals surface area contributed by atoms with Gasteiger partial charge in [-0.3, -0.25) is 9.59 Å². The predicted octanol–water partition coefficient (Wildman–Crippen LogP) is 3.01. The number of hydrogen-bond acceptors (Lipinski definition) is 4. The number of aromatic amines is 1. The topological polar surface area (TPSA) is 91.2 Å². The summed E-state index contributed by atoms with van der Waals surface area (Å²) in [6.45, 7) is 1.70. The normalized spacial score (nSPS) is 10.6.